The van der Waals surface area contributed by atoms with Crippen molar-refractivity contribution in [1.82, 2.24) is 4.83 Å². The second-order valence-electron chi connectivity index (χ2n) is 5.42. The fourth-order valence-electron chi connectivity index (χ4n) is 2.06. The third-order valence-electron chi connectivity index (χ3n) is 3.45. The topological polar surface area (TPSA) is 77.0 Å². The van der Waals surface area contributed by atoms with Gasteiger partial charge in [-0.25, -0.2) is 0 Å². The minimum absolute atomic E-state index is 0.0793. The van der Waals surface area contributed by atoms with E-state index >= 15 is 0 Å². The number of hydrogen-bond acceptors (Lipinski definition) is 5. The van der Waals surface area contributed by atoms with E-state index in [1.165, 1.54) is 25.5 Å². The van der Waals surface area contributed by atoms with Gasteiger partial charge in [-0.1, -0.05) is 24.9 Å². The van der Waals surface area contributed by atoms with E-state index in [1.54, 1.807) is 18.2 Å². The molecule has 0 radical (unpaired) electrons. The highest BCUT2D eigenvalue weighted by molar-refractivity contribution is 7.89. The van der Waals surface area contributed by atoms with Gasteiger partial charge in [-0.2, -0.15) is 18.4 Å². The van der Waals surface area contributed by atoms with Crippen molar-refractivity contribution in [1.29, 1.82) is 0 Å². The van der Waals surface area contributed by atoms with Gasteiger partial charge in [0.05, 0.1) is 19.9 Å². The highest BCUT2D eigenvalue weighted by Crippen LogP contribution is 2.26. The van der Waals surface area contributed by atoms with Crippen LogP contribution in [-0.4, -0.2) is 28.3 Å². The van der Waals surface area contributed by atoms with Crippen LogP contribution in [0.4, 0.5) is 0 Å². The summed E-state index contributed by atoms with van der Waals surface area (Å²) in [6.07, 6.45) is 3.48. The van der Waals surface area contributed by atoms with Crippen LogP contribution in [0.15, 0.2) is 52.5 Å². The normalized spacial score (nSPS) is 11.5. The molecule has 2 aromatic rings. The maximum Gasteiger partial charge on any atom is 0.280 e. The van der Waals surface area contributed by atoms with Crippen LogP contribution in [0.25, 0.3) is 0 Å². The molecule has 2 rings (SSSR count). The van der Waals surface area contributed by atoms with Gasteiger partial charge in [0.25, 0.3) is 10.0 Å². The summed E-state index contributed by atoms with van der Waals surface area (Å²) >= 11 is 5.87. The van der Waals surface area contributed by atoms with Crippen molar-refractivity contribution < 1.29 is 17.9 Å². The molecule has 0 aliphatic rings. The van der Waals surface area contributed by atoms with Gasteiger partial charge < -0.3 is 9.47 Å². The monoisotopic (exact) mass is 396 g/mol. The summed E-state index contributed by atoms with van der Waals surface area (Å²) in [4.78, 5) is 2.07. The summed E-state index contributed by atoms with van der Waals surface area (Å²) in [6, 6.07) is 11.5. The van der Waals surface area contributed by atoms with Crippen LogP contribution in [-0.2, 0) is 10.0 Å². The lowest BCUT2D eigenvalue weighted by Crippen LogP contribution is -2.19. The number of benzene rings is 2. The highest BCUT2D eigenvalue weighted by Gasteiger charge is 2.19. The Hall–Kier alpha value is -2.25. The molecule has 0 unspecified atom stereocenters. The first-order valence-corrected chi connectivity index (χ1v) is 9.93. The summed E-state index contributed by atoms with van der Waals surface area (Å²) in [5.41, 5.74) is 0.730. The Bertz CT molecular complexity index is 852. The lowest BCUT2D eigenvalue weighted by molar-refractivity contribution is 0.309. The molecular weight excluding hydrogens is 376 g/mol. The first kappa shape index (κ1) is 20.1. The molecule has 0 atom stereocenters. The van der Waals surface area contributed by atoms with Gasteiger partial charge in [-0.05, 0) is 54.4 Å². The Morgan fingerprint density at radius 2 is 1.92 bits per heavy atom. The molecule has 0 heterocycles. The smallest absolute Gasteiger partial charge is 0.280 e. The van der Waals surface area contributed by atoms with E-state index in [0.29, 0.717) is 6.61 Å². The molecule has 140 valence electrons. The van der Waals surface area contributed by atoms with Gasteiger partial charge in [-0.3, -0.25) is 0 Å². The average Bonchev–Trinajstić information content (AvgIpc) is 2.63. The number of nitrogens with zero attached hydrogens (tertiary/aromatic N) is 1. The van der Waals surface area contributed by atoms with Crippen molar-refractivity contribution in [3.63, 3.8) is 0 Å². The first-order valence-electron chi connectivity index (χ1n) is 8.07. The zero-order chi connectivity index (χ0) is 19.0. The molecule has 0 aliphatic carbocycles. The van der Waals surface area contributed by atoms with E-state index in [0.717, 1.165) is 24.2 Å². The van der Waals surface area contributed by atoms with Crippen LogP contribution in [0.2, 0.25) is 5.02 Å². The summed E-state index contributed by atoms with van der Waals surface area (Å²) in [7, 11) is -2.52. The SMILES string of the molecule is CCCCOc1ccc(/C=N/NS(=O)(=O)c2cc(Cl)ccc2OC)cc1. The number of hydrazone groups is 1. The molecule has 0 spiro atoms. The summed E-state index contributed by atoms with van der Waals surface area (Å²) < 4.78 is 35.4. The molecule has 0 aromatic heterocycles. The number of rotatable bonds is 9. The second-order valence-corrected chi connectivity index (χ2v) is 7.48. The van der Waals surface area contributed by atoms with E-state index in [4.69, 9.17) is 21.1 Å². The number of unbranched alkanes of at least 4 members (excludes halogenated alkanes) is 1. The molecular formula is C18H21ClN2O4S. The molecule has 1 N–H and O–H groups in total. The highest BCUT2D eigenvalue weighted by atomic mass is 35.5. The molecule has 0 saturated carbocycles. The Balaban J connectivity index is 2.04. The van der Waals surface area contributed by atoms with Crippen molar-refractivity contribution in [3.8, 4) is 11.5 Å². The van der Waals surface area contributed by atoms with Crippen molar-refractivity contribution >= 4 is 27.8 Å². The average molecular weight is 397 g/mol. The molecule has 0 aliphatic heterocycles. The van der Waals surface area contributed by atoms with Gasteiger partial charge in [-0.15, -0.1) is 0 Å². The molecule has 0 amide bonds. The van der Waals surface area contributed by atoms with Crippen LogP contribution in [0.3, 0.4) is 0 Å². The Morgan fingerprint density at radius 1 is 1.19 bits per heavy atom. The maximum atomic E-state index is 12.4. The van der Waals surface area contributed by atoms with E-state index in [-0.39, 0.29) is 15.7 Å². The molecule has 0 fully saturated rings. The molecule has 0 bridgehead atoms. The number of ether oxygens (including phenoxy) is 2. The van der Waals surface area contributed by atoms with Crippen molar-refractivity contribution in [2.24, 2.45) is 5.10 Å². The van der Waals surface area contributed by atoms with Crippen LogP contribution in [0.1, 0.15) is 25.3 Å². The third-order valence-corrected chi connectivity index (χ3v) is 4.93. The fraction of sp³-hybridized carbons (Fsp3) is 0.278. The summed E-state index contributed by atoms with van der Waals surface area (Å²) in [5, 5.41) is 4.08. The minimum atomic E-state index is -3.90. The largest absolute Gasteiger partial charge is 0.495 e. The summed E-state index contributed by atoms with van der Waals surface area (Å²) in [5.74, 6) is 0.950. The number of halogens is 1. The fourth-order valence-corrected chi connectivity index (χ4v) is 3.29. The number of sulfonamides is 1. The Kier molecular flexibility index (Phi) is 7.29. The first-order chi connectivity index (χ1) is 12.5. The van der Waals surface area contributed by atoms with Crippen LogP contribution < -0.4 is 14.3 Å². The third kappa shape index (κ3) is 5.64. The van der Waals surface area contributed by atoms with Crippen LogP contribution in [0.5, 0.6) is 11.5 Å². The lowest BCUT2D eigenvalue weighted by Gasteiger charge is -2.09. The van der Waals surface area contributed by atoms with E-state index in [1.807, 2.05) is 12.1 Å². The number of hydrogen-bond donors (Lipinski definition) is 1. The molecule has 6 nitrogen and oxygen atoms in total. The van der Waals surface area contributed by atoms with Crippen LogP contribution >= 0.6 is 11.6 Å². The molecule has 2 aromatic carbocycles. The second kappa shape index (κ2) is 9.45. The predicted molar refractivity (Wildman–Crippen MR) is 103 cm³/mol. The van der Waals surface area contributed by atoms with Gasteiger partial charge in [0.15, 0.2) is 0 Å². The Labute approximate surface area is 158 Å². The minimum Gasteiger partial charge on any atom is -0.495 e. The lowest BCUT2D eigenvalue weighted by atomic mass is 10.2. The van der Waals surface area contributed by atoms with E-state index in [2.05, 4.69) is 16.9 Å². The van der Waals surface area contributed by atoms with Gasteiger partial charge in [0, 0.05) is 5.02 Å². The van der Waals surface area contributed by atoms with Crippen molar-refractivity contribution in [2.75, 3.05) is 13.7 Å². The van der Waals surface area contributed by atoms with Crippen molar-refractivity contribution in [3.05, 3.63) is 53.1 Å². The number of methoxy groups -OCH3 is 1. The quantitative estimate of drug-likeness (QED) is 0.397. The molecule has 26 heavy (non-hydrogen) atoms. The van der Waals surface area contributed by atoms with E-state index < -0.39 is 10.0 Å². The van der Waals surface area contributed by atoms with Crippen molar-refractivity contribution in [2.45, 2.75) is 24.7 Å². The molecule has 8 heteroatoms. The number of nitrogens with one attached hydrogen (secondary N) is 1. The zero-order valence-corrected chi connectivity index (χ0v) is 16.2. The zero-order valence-electron chi connectivity index (χ0n) is 14.6. The van der Waals surface area contributed by atoms with E-state index in [9.17, 15) is 8.42 Å². The standard InChI is InChI=1S/C18H21ClN2O4S/c1-3-4-11-25-16-8-5-14(6-9-16)13-20-21-26(22,23)18-12-15(19)7-10-17(18)24-2/h5-10,12-13,21H,3-4,11H2,1-2H3/b20-13+. The summed E-state index contributed by atoms with van der Waals surface area (Å²) in [6.45, 7) is 2.77. The van der Waals surface area contributed by atoms with Gasteiger partial charge in [0.2, 0.25) is 0 Å². The molecule has 0 saturated heterocycles. The van der Waals surface area contributed by atoms with Gasteiger partial charge >= 0.3 is 0 Å². The predicted octanol–water partition coefficient (Wildman–Crippen LogP) is 3.84. The van der Waals surface area contributed by atoms with Gasteiger partial charge in [0.1, 0.15) is 16.4 Å². The van der Waals surface area contributed by atoms with Crippen LogP contribution in [0, 0.1) is 0 Å². The Morgan fingerprint density at radius 3 is 2.58 bits per heavy atom. The maximum absolute atomic E-state index is 12.4.